The molecule has 0 atom stereocenters. The zero-order chi connectivity index (χ0) is 18.2. The molecule has 1 aromatic heterocycles. The van der Waals surface area contributed by atoms with Crippen molar-refractivity contribution in [3.8, 4) is 11.3 Å². The monoisotopic (exact) mass is 483 g/mol. The molecule has 3 rings (SSSR count). The van der Waals surface area contributed by atoms with E-state index in [1.54, 1.807) is 0 Å². The zero-order valence-electron chi connectivity index (χ0n) is 16.1. The number of ether oxygens (including phenoxy) is 1. The van der Waals surface area contributed by atoms with Crippen LogP contribution < -0.4 is 5.32 Å². The molecule has 0 aliphatic heterocycles. The minimum Gasteiger partial charge on any atom is -0.379 e. The van der Waals surface area contributed by atoms with E-state index in [0.29, 0.717) is 19.7 Å². The zero-order valence-corrected chi connectivity index (χ0v) is 18.5. The number of guanidine groups is 1. The maximum absolute atomic E-state index is 5.66. The Morgan fingerprint density at radius 3 is 2.81 bits per heavy atom. The van der Waals surface area contributed by atoms with Gasteiger partial charge in [0.2, 0.25) is 0 Å². The van der Waals surface area contributed by atoms with Gasteiger partial charge in [-0.1, -0.05) is 30.3 Å². The molecule has 7 heteroatoms. The second-order valence-corrected chi connectivity index (χ2v) is 6.72. The van der Waals surface area contributed by atoms with Gasteiger partial charge in [0.15, 0.2) is 5.96 Å². The number of aliphatic imine (C=N–C) groups is 1. The van der Waals surface area contributed by atoms with E-state index >= 15 is 0 Å². The van der Waals surface area contributed by atoms with Gasteiger partial charge in [0, 0.05) is 20.2 Å². The largest absolute Gasteiger partial charge is 0.379 e. The van der Waals surface area contributed by atoms with Crippen LogP contribution >= 0.6 is 24.0 Å². The molecule has 2 aromatic rings. The lowest BCUT2D eigenvalue weighted by Crippen LogP contribution is -2.39. The summed E-state index contributed by atoms with van der Waals surface area (Å²) in [7, 11) is 2.03. The van der Waals surface area contributed by atoms with Gasteiger partial charge < -0.3 is 19.9 Å². The fourth-order valence-electron chi connectivity index (χ4n) is 2.73. The number of hydrogen-bond donors (Lipinski definition) is 2. The van der Waals surface area contributed by atoms with Crippen molar-refractivity contribution in [1.82, 2.24) is 20.2 Å². The first-order valence-corrected chi connectivity index (χ1v) is 9.42. The van der Waals surface area contributed by atoms with Crippen molar-refractivity contribution in [1.29, 1.82) is 0 Å². The van der Waals surface area contributed by atoms with E-state index in [9.17, 15) is 0 Å². The highest BCUT2D eigenvalue weighted by molar-refractivity contribution is 14.0. The first-order chi connectivity index (χ1) is 12.8. The molecule has 148 valence electrons. The summed E-state index contributed by atoms with van der Waals surface area (Å²) >= 11 is 0. The number of aromatic nitrogens is 2. The predicted octanol–water partition coefficient (Wildman–Crippen LogP) is 3.52. The number of halogens is 1. The van der Waals surface area contributed by atoms with E-state index in [4.69, 9.17) is 4.74 Å². The molecule has 0 amide bonds. The van der Waals surface area contributed by atoms with Crippen LogP contribution in [-0.2, 0) is 11.3 Å². The second kappa shape index (κ2) is 11.3. The molecule has 1 fully saturated rings. The molecule has 0 unspecified atom stereocenters. The van der Waals surface area contributed by atoms with Crippen molar-refractivity contribution in [3.63, 3.8) is 0 Å². The number of hydrogen-bond acceptors (Lipinski definition) is 3. The molecule has 2 N–H and O–H groups in total. The Kier molecular flexibility index (Phi) is 9.06. The first kappa shape index (κ1) is 21.7. The number of rotatable bonds is 9. The van der Waals surface area contributed by atoms with Crippen LogP contribution in [0.5, 0.6) is 0 Å². The SMILES string of the molecule is CCNC(=NCCOCC1CC1)N(C)Cc1ncc(-c2ccccc2)[nH]1.I. The fraction of sp³-hybridized carbons (Fsp3) is 0.500. The van der Waals surface area contributed by atoms with E-state index in [1.165, 1.54) is 12.8 Å². The number of imidazole rings is 1. The summed E-state index contributed by atoms with van der Waals surface area (Å²) in [5.41, 5.74) is 2.17. The molecule has 1 aliphatic carbocycles. The molecule has 1 saturated carbocycles. The van der Waals surface area contributed by atoms with Crippen LogP contribution in [0.25, 0.3) is 11.3 Å². The topological polar surface area (TPSA) is 65.5 Å². The van der Waals surface area contributed by atoms with Crippen molar-refractivity contribution >= 4 is 29.9 Å². The average Bonchev–Trinajstić information content (AvgIpc) is 3.37. The Labute approximate surface area is 178 Å². The van der Waals surface area contributed by atoms with Crippen LogP contribution in [0.3, 0.4) is 0 Å². The standard InChI is InChI=1S/C20H29N5O.HI/c1-3-21-20(22-11-12-26-15-16-9-10-16)25(2)14-19-23-13-18(24-19)17-7-5-4-6-8-17;/h4-8,13,16H,3,9-12,14-15H2,1-2H3,(H,21,22)(H,23,24);1H. The van der Waals surface area contributed by atoms with Crippen molar-refractivity contribution in [2.45, 2.75) is 26.3 Å². The summed E-state index contributed by atoms with van der Waals surface area (Å²) in [5, 5.41) is 3.33. The van der Waals surface area contributed by atoms with Gasteiger partial charge >= 0.3 is 0 Å². The Balaban J connectivity index is 0.00000261. The number of benzene rings is 1. The van der Waals surface area contributed by atoms with Gasteiger partial charge in [0.1, 0.15) is 5.82 Å². The van der Waals surface area contributed by atoms with Crippen molar-refractivity contribution in [2.75, 3.05) is 33.4 Å². The van der Waals surface area contributed by atoms with E-state index < -0.39 is 0 Å². The van der Waals surface area contributed by atoms with E-state index in [0.717, 1.165) is 42.1 Å². The molecule has 0 saturated heterocycles. The highest BCUT2D eigenvalue weighted by atomic mass is 127. The number of H-pyrrole nitrogens is 1. The van der Waals surface area contributed by atoms with Crippen molar-refractivity contribution in [2.24, 2.45) is 10.9 Å². The lowest BCUT2D eigenvalue weighted by atomic mass is 10.2. The summed E-state index contributed by atoms with van der Waals surface area (Å²) in [6, 6.07) is 10.2. The Bertz CT molecular complexity index is 699. The Morgan fingerprint density at radius 1 is 1.33 bits per heavy atom. The van der Waals surface area contributed by atoms with Crippen LogP contribution in [0.1, 0.15) is 25.6 Å². The van der Waals surface area contributed by atoms with Crippen LogP contribution in [0, 0.1) is 5.92 Å². The maximum atomic E-state index is 5.66. The summed E-state index contributed by atoms with van der Waals surface area (Å²) in [4.78, 5) is 14.6. The molecular weight excluding hydrogens is 453 g/mol. The van der Waals surface area contributed by atoms with E-state index in [-0.39, 0.29) is 24.0 Å². The summed E-state index contributed by atoms with van der Waals surface area (Å²) in [5.74, 6) is 2.59. The molecule has 6 nitrogen and oxygen atoms in total. The lowest BCUT2D eigenvalue weighted by molar-refractivity contribution is 0.131. The molecule has 0 radical (unpaired) electrons. The molecule has 0 bridgehead atoms. The average molecular weight is 483 g/mol. The third-order valence-electron chi connectivity index (χ3n) is 4.34. The molecule has 0 spiro atoms. The van der Waals surface area contributed by atoms with Gasteiger partial charge in [-0.2, -0.15) is 0 Å². The van der Waals surface area contributed by atoms with Gasteiger partial charge in [-0.3, -0.25) is 4.99 Å². The van der Waals surface area contributed by atoms with E-state index in [1.807, 2.05) is 31.4 Å². The highest BCUT2D eigenvalue weighted by Gasteiger charge is 2.20. The summed E-state index contributed by atoms with van der Waals surface area (Å²) in [6.07, 6.45) is 4.53. The number of nitrogens with zero attached hydrogens (tertiary/aromatic N) is 3. The maximum Gasteiger partial charge on any atom is 0.194 e. The lowest BCUT2D eigenvalue weighted by Gasteiger charge is -2.21. The smallest absolute Gasteiger partial charge is 0.194 e. The van der Waals surface area contributed by atoms with Gasteiger partial charge in [0.05, 0.1) is 31.6 Å². The van der Waals surface area contributed by atoms with Crippen molar-refractivity contribution < 1.29 is 4.74 Å². The Morgan fingerprint density at radius 2 is 2.11 bits per heavy atom. The quantitative estimate of drug-likeness (QED) is 0.248. The fourth-order valence-corrected chi connectivity index (χ4v) is 2.73. The molecule has 27 heavy (non-hydrogen) atoms. The van der Waals surface area contributed by atoms with Gasteiger partial charge in [-0.05, 0) is 31.2 Å². The number of aromatic amines is 1. The molecule has 1 aromatic carbocycles. The second-order valence-electron chi connectivity index (χ2n) is 6.72. The summed E-state index contributed by atoms with van der Waals surface area (Å²) in [6.45, 7) is 5.82. The first-order valence-electron chi connectivity index (χ1n) is 9.42. The Hall–Kier alpha value is -1.61. The number of nitrogens with one attached hydrogen (secondary N) is 2. The van der Waals surface area contributed by atoms with Gasteiger partial charge in [-0.25, -0.2) is 4.98 Å². The van der Waals surface area contributed by atoms with E-state index in [2.05, 4.69) is 44.2 Å². The third-order valence-corrected chi connectivity index (χ3v) is 4.34. The van der Waals surface area contributed by atoms with Gasteiger partial charge in [0.25, 0.3) is 0 Å². The van der Waals surface area contributed by atoms with Crippen LogP contribution in [0.15, 0.2) is 41.5 Å². The summed E-state index contributed by atoms with van der Waals surface area (Å²) < 4.78 is 5.66. The minimum absolute atomic E-state index is 0. The van der Waals surface area contributed by atoms with Gasteiger partial charge in [-0.15, -0.1) is 24.0 Å². The van der Waals surface area contributed by atoms with Crippen LogP contribution in [0.2, 0.25) is 0 Å². The molecule has 1 heterocycles. The predicted molar refractivity (Wildman–Crippen MR) is 120 cm³/mol. The normalized spacial score (nSPS) is 13.9. The van der Waals surface area contributed by atoms with Crippen LogP contribution in [0.4, 0.5) is 0 Å². The van der Waals surface area contributed by atoms with Crippen LogP contribution in [-0.4, -0.2) is 54.2 Å². The van der Waals surface area contributed by atoms with Crippen molar-refractivity contribution in [3.05, 3.63) is 42.4 Å². The molecular formula is C20H30IN5O. The molecule has 1 aliphatic rings. The third kappa shape index (κ3) is 7.14. The minimum atomic E-state index is 0. The highest BCUT2D eigenvalue weighted by Crippen LogP contribution is 2.28.